The number of likely N-dealkylation sites (tertiary alicyclic amines) is 1. The normalized spacial score (nSPS) is 29.8. The van der Waals surface area contributed by atoms with Crippen molar-refractivity contribution in [2.24, 2.45) is 0 Å². The fourth-order valence-electron chi connectivity index (χ4n) is 2.50. The van der Waals surface area contributed by atoms with Crippen LogP contribution in [-0.2, 0) is 14.4 Å². The van der Waals surface area contributed by atoms with E-state index in [0.29, 0.717) is 13.1 Å². The first-order valence-electron chi connectivity index (χ1n) is 6.04. The van der Waals surface area contributed by atoms with E-state index >= 15 is 0 Å². The Bertz CT molecular complexity index is 384. The van der Waals surface area contributed by atoms with Gasteiger partial charge in [-0.2, -0.15) is 0 Å². The van der Waals surface area contributed by atoms with Crippen LogP contribution in [0.2, 0.25) is 0 Å². The smallest absolute Gasteiger partial charge is 0.246 e. The number of rotatable bonds is 2. The van der Waals surface area contributed by atoms with Crippen molar-refractivity contribution in [1.29, 1.82) is 0 Å². The lowest BCUT2D eigenvalue weighted by molar-refractivity contribution is -0.139. The highest BCUT2D eigenvalue weighted by molar-refractivity contribution is 6.05. The SMILES string of the molecule is CNC(=O)C1CNCCN1C1CC(=O)N(C)C1=O. The van der Waals surface area contributed by atoms with Gasteiger partial charge in [-0.25, -0.2) is 0 Å². The van der Waals surface area contributed by atoms with Crippen LogP contribution in [0.15, 0.2) is 0 Å². The number of piperazine rings is 1. The molecular formula is C11H18N4O3. The summed E-state index contributed by atoms with van der Waals surface area (Å²) < 4.78 is 0. The molecule has 7 heteroatoms. The third-order valence-electron chi connectivity index (χ3n) is 3.59. The number of carbonyl (C=O) groups is 3. The highest BCUT2D eigenvalue weighted by Gasteiger charge is 2.44. The Kier molecular flexibility index (Phi) is 3.63. The number of hydrogen-bond acceptors (Lipinski definition) is 5. The van der Waals surface area contributed by atoms with Gasteiger partial charge in [0.05, 0.1) is 12.5 Å². The number of likely N-dealkylation sites (N-methyl/N-ethyl adjacent to an activating group) is 2. The molecule has 100 valence electrons. The summed E-state index contributed by atoms with van der Waals surface area (Å²) in [7, 11) is 3.06. The summed E-state index contributed by atoms with van der Waals surface area (Å²) in [5.41, 5.74) is 0. The van der Waals surface area contributed by atoms with Crippen LogP contribution in [0.25, 0.3) is 0 Å². The maximum Gasteiger partial charge on any atom is 0.246 e. The van der Waals surface area contributed by atoms with Gasteiger partial charge >= 0.3 is 0 Å². The molecule has 2 unspecified atom stereocenters. The minimum absolute atomic E-state index is 0.128. The van der Waals surface area contributed by atoms with Crippen LogP contribution in [0, 0.1) is 0 Å². The molecule has 0 spiro atoms. The van der Waals surface area contributed by atoms with E-state index in [1.807, 2.05) is 4.90 Å². The Labute approximate surface area is 105 Å². The third-order valence-corrected chi connectivity index (χ3v) is 3.59. The molecule has 0 aromatic rings. The van der Waals surface area contributed by atoms with E-state index in [-0.39, 0.29) is 24.1 Å². The van der Waals surface area contributed by atoms with Crippen LogP contribution >= 0.6 is 0 Å². The van der Waals surface area contributed by atoms with E-state index in [1.54, 1.807) is 7.05 Å². The zero-order valence-corrected chi connectivity index (χ0v) is 10.6. The zero-order chi connectivity index (χ0) is 13.3. The number of imide groups is 1. The van der Waals surface area contributed by atoms with E-state index in [4.69, 9.17) is 0 Å². The van der Waals surface area contributed by atoms with Crippen LogP contribution in [0.3, 0.4) is 0 Å². The summed E-state index contributed by atoms with van der Waals surface area (Å²) in [6.07, 6.45) is 0.169. The predicted octanol–water partition coefficient (Wildman–Crippen LogP) is -2.24. The Hall–Kier alpha value is -1.47. The monoisotopic (exact) mass is 254 g/mol. The van der Waals surface area contributed by atoms with Crippen LogP contribution in [0.1, 0.15) is 6.42 Å². The Morgan fingerprint density at radius 2 is 2.17 bits per heavy atom. The molecule has 18 heavy (non-hydrogen) atoms. The van der Waals surface area contributed by atoms with E-state index < -0.39 is 12.1 Å². The first kappa shape index (κ1) is 13.0. The minimum atomic E-state index is -0.494. The van der Waals surface area contributed by atoms with Crippen molar-refractivity contribution in [1.82, 2.24) is 20.4 Å². The van der Waals surface area contributed by atoms with Crippen molar-refractivity contribution in [3.05, 3.63) is 0 Å². The number of nitrogens with one attached hydrogen (secondary N) is 2. The molecule has 2 atom stereocenters. The molecule has 2 N–H and O–H groups in total. The average Bonchev–Trinajstić information content (AvgIpc) is 2.65. The van der Waals surface area contributed by atoms with Crippen LogP contribution in [-0.4, -0.2) is 73.3 Å². The topological polar surface area (TPSA) is 81.8 Å². The fraction of sp³-hybridized carbons (Fsp3) is 0.727. The number of hydrogen-bond donors (Lipinski definition) is 2. The zero-order valence-electron chi connectivity index (χ0n) is 10.6. The van der Waals surface area contributed by atoms with Gasteiger partial charge in [0.2, 0.25) is 17.7 Å². The summed E-state index contributed by atoms with van der Waals surface area (Å²) in [5.74, 6) is -0.521. The molecule has 0 saturated carbocycles. The lowest BCUT2D eigenvalue weighted by atomic mass is 10.1. The first-order valence-corrected chi connectivity index (χ1v) is 6.04. The lowest BCUT2D eigenvalue weighted by Gasteiger charge is -2.37. The van der Waals surface area contributed by atoms with Gasteiger partial charge in [0, 0.05) is 33.7 Å². The van der Waals surface area contributed by atoms with Crippen molar-refractivity contribution in [3.63, 3.8) is 0 Å². The van der Waals surface area contributed by atoms with Gasteiger partial charge in [0.15, 0.2) is 0 Å². The molecular weight excluding hydrogens is 236 g/mol. The van der Waals surface area contributed by atoms with E-state index in [2.05, 4.69) is 10.6 Å². The molecule has 0 bridgehead atoms. The highest BCUT2D eigenvalue weighted by Crippen LogP contribution is 2.20. The van der Waals surface area contributed by atoms with Crippen molar-refractivity contribution in [2.45, 2.75) is 18.5 Å². The lowest BCUT2D eigenvalue weighted by Crippen LogP contribution is -2.61. The Balaban J connectivity index is 2.17. The molecule has 7 nitrogen and oxygen atoms in total. The van der Waals surface area contributed by atoms with E-state index in [0.717, 1.165) is 11.4 Å². The Morgan fingerprint density at radius 3 is 2.72 bits per heavy atom. The summed E-state index contributed by atoms with van der Waals surface area (Å²) in [5, 5.41) is 5.72. The van der Waals surface area contributed by atoms with E-state index in [9.17, 15) is 14.4 Å². The maximum atomic E-state index is 12.0. The van der Waals surface area contributed by atoms with Gasteiger partial charge in [-0.3, -0.25) is 24.2 Å². The molecule has 0 aromatic carbocycles. The molecule has 2 rings (SSSR count). The molecule has 3 amide bonds. The summed E-state index contributed by atoms with van der Waals surface area (Å²) >= 11 is 0. The van der Waals surface area contributed by atoms with Crippen molar-refractivity contribution in [2.75, 3.05) is 33.7 Å². The van der Waals surface area contributed by atoms with Gasteiger partial charge in [0.25, 0.3) is 0 Å². The molecule has 0 aromatic heterocycles. The summed E-state index contributed by atoms with van der Waals surface area (Å²) in [4.78, 5) is 38.3. The molecule has 2 aliphatic rings. The number of carbonyl (C=O) groups excluding carboxylic acids is 3. The second-order valence-electron chi connectivity index (χ2n) is 4.58. The second kappa shape index (κ2) is 5.03. The summed E-state index contributed by atoms with van der Waals surface area (Å²) in [6, 6.07) is -0.885. The molecule has 2 fully saturated rings. The van der Waals surface area contributed by atoms with Gasteiger partial charge in [-0.15, -0.1) is 0 Å². The van der Waals surface area contributed by atoms with Crippen molar-refractivity contribution in [3.8, 4) is 0 Å². The van der Waals surface area contributed by atoms with Crippen molar-refractivity contribution >= 4 is 17.7 Å². The Morgan fingerprint density at radius 1 is 1.44 bits per heavy atom. The van der Waals surface area contributed by atoms with Gasteiger partial charge in [0.1, 0.15) is 6.04 Å². The van der Waals surface area contributed by atoms with E-state index in [1.165, 1.54) is 7.05 Å². The molecule has 0 aliphatic carbocycles. The second-order valence-corrected chi connectivity index (χ2v) is 4.58. The average molecular weight is 254 g/mol. The van der Waals surface area contributed by atoms with Gasteiger partial charge in [-0.1, -0.05) is 0 Å². The molecule has 2 heterocycles. The van der Waals surface area contributed by atoms with Crippen LogP contribution in [0.4, 0.5) is 0 Å². The predicted molar refractivity (Wildman–Crippen MR) is 63.6 cm³/mol. The quantitative estimate of drug-likeness (QED) is 0.545. The number of nitrogens with zero attached hydrogens (tertiary/aromatic N) is 2. The molecule has 2 saturated heterocycles. The van der Waals surface area contributed by atoms with Gasteiger partial charge < -0.3 is 10.6 Å². The van der Waals surface area contributed by atoms with Crippen molar-refractivity contribution < 1.29 is 14.4 Å². The molecule has 0 radical (unpaired) electrons. The maximum absolute atomic E-state index is 12.0. The minimum Gasteiger partial charge on any atom is -0.358 e. The van der Waals surface area contributed by atoms with Crippen LogP contribution < -0.4 is 10.6 Å². The molecule has 2 aliphatic heterocycles. The first-order chi connectivity index (χ1) is 8.56. The van der Waals surface area contributed by atoms with Crippen LogP contribution in [0.5, 0.6) is 0 Å². The third kappa shape index (κ3) is 2.11. The summed E-state index contributed by atoms with van der Waals surface area (Å²) in [6.45, 7) is 1.81. The highest BCUT2D eigenvalue weighted by atomic mass is 16.2. The number of amides is 3. The van der Waals surface area contributed by atoms with Gasteiger partial charge in [-0.05, 0) is 0 Å². The standard InChI is InChI=1S/C11H18N4O3/c1-12-10(17)8-6-13-3-4-15(8)7-5-9(16)14(2)11(7)18/h7-8,13H,3-6H2,1-2H3,(H,12,17). The largest absolute Gasteiger partial charge is 0.358 e. The fourth-order valence-corrected chi connectivity index (χ4v) is 2.50.